The summed E-state index contributed by atoms with van der Waals surface area (Å²) in [6.07, 6.45) is 6.03. The number of hydrogen-bond donors (Lipinski definition) is 1. The zero-order valence-electron chi connectivity index (χ0n) is 10.3. The Morgan fingerprint density at radius 3 is 3.06 bits per heavy atom. The minimum atomic E-state index is 0.598. The third-order valence-electron chi connectivity index (χ3n) is 2.29. The first-order chi connectivity index (χ1) is 8.88. The maximum atomic E-state index is 5.44. The lowest BCUT2D eigenvalue weighted by atomic mass is 10.3. The highest BCUT2D eigenvalue weighted by Gasteiger charge is 1.99. The third kappa shape index (κ3) is 3.69. The molecule has 0 aliphatic rings. The Labute approximate surface area is 106 Å². The highest BCUT2D eigenvalue weighted by atomic mass is 16.5. The van der Waals surface area contributed by atoms with Crippen LogP contribution < -0.4 is 10.1 Å². The zero-order valence-corrected chi connectivity index (χ0v) is 10.3. The first-order valence-electron chi connectivity index (χ1n) is 5.96. The molecule has 2 heterocycles. The van der Waals surface area contributed by atoms with E-state index in [9.17, 15) is 0 Å². The van der Waals surface area contributed by atoms with Crippen molar-refractivity contribution >= 4 is 5.82 Å². The first-order valence-corrected chi connectivity index (χ1v) is 5.96. The molecule has 0 bridgehead atoms. The van der Waals surface area contributed by atoms with Gasteiger partial charge >= 0.3 is 0 Å². The molecule has 0 aliphatic carbocycles. The fourth-order valence-corrected chi connectivity index (χ4v) is 1.42. The Bertz CT molecular complexity index is 475. The maximum Gasteiger partial charge on any atom is 0.218 e. The molecule has 0 radical (unpaired) electrons. The van der Waals surface area contributed by atoms with E-state index in [1.807, 2.05) is 18.3 Å². The quantitative estimate of drug-likeness (QED) is 0.844. The molecule has 0 aromatic carbocycles. The van der Waals surface area contributed by atoms with Crippen molar-refractivity contribution < 1.29 is 4.74 Å². The highest BCUT2D eigenvalue weighted by Crippen LogP contribution is 2.12. The lowest BCUT2D eigenvalue weighted by Gasteiger charge is -2.07. The second-order valence-corrected chi connectivity index (χ2v) is 3.80. The Morgan fingerprint density at radius 2 is 2.28 bits per heavy atom. The Hall–Kier alpha value is -2.17. The van der Waals surface area contributed by atoms with E-state index < -0.39 is 0 Å². The van der Waals surface area contributed by atoms with Crippen molar-refractivity contribution in [3.05, 3.63) is 42.5 Å². The van der Waals surface area contributed by atoms with Gasteiger partial charge in [0.05, 0.1) is 6.61 Å². The van der Waals surface area contributed by atoms with Crippen LogP contribution in [0.3, 0.4) is 0 Å². The summed E-state index contributed by atoms with van der Waals surface area (Å²) in [5, 5.41) is 3.21. The van der Waals surface area contributed by atoms with Crippen molar-refractivity contribution in [1.29, 1.82) is 0 Å². The molecule has 2 aromatic rings. The molecular weight excluding hydrogens is 228 g/mol. The molecule has 2 aromatic heterocycles. The van der Waals surface area contributed by atoms with Crippen LogP contribution in [0.25, 0.3) is 0 Å². The van der Waals surface area contributed by atoms with E-state index in [1.54, 1.807) is 12.3 Å². The van der Waals surface area contributed by atoms with Crippen molar-refractivity contribution in [2.24, 2.45) is 0 Å². The molecule has 0 aliphatic heterocycles. The number of hydrogen-bond acceptors (Lipinski definition) is 5. The van der Waals surface area contributed by atoms with Crippen LogP contribution in [0.4, 0.5) is 5.82 Å². The highest BCUT2D eigenvalue weighted by molar-refractivity contribution is 5.37. The fraction of sp³-hybridized carbons (Fsp3) is 0.308. The predicted molar refractivity (Wildman–Crippen MR) is 69.4 cm³/mol. The summed E-state index contributed by atoms with van der Waals surface area (Å²) in [7, 11) is 0. The normalized spacial score (nSPS) is 10.1. The minimum Gasteiger partial charge on any atom is -0.478 e. The Balaban J connectivity index is 1.93. The van der Waals surface area contributed by atoms with E-state index in [1.165, 1.54) is 6.33 Å². The first kappa shape index (κ1) is 12.3. The van der Waals surface area contributed by atoms with Gasteiger partial charge in [-0.3, -0.25) is 4.98 Å². The molecule has 5 nitrogen and oxygen atoms in total. The van der Waals surface area contributed by atoms with E-state index >= 15 is 0 Å². The lowest BCUT2D eigenvalue weighted by Crippen LogP contribution is -2.03. The van der Waals surface area contributed by atoms with Crippen LogP contribution in [0.1, 0.15) is 18.9 Å². The zero-order chi connectivity index (χ0) is 12.6. The van der Waals surface area contributed by atoms with E-state index in [4.69, 9.17) is 4.74 Å². The Kier molecular flexibility index (Phi) is 4.46. The molecule has 18 heavy (non-hydrogen) atoms. The van der Waals surface area contributed by atoms with Gasteiger partial charge in [0, 0.05) is 25.0 Å². The number of anilines is 1. The van der Waals surface area contributed by atoms with Crippen LogP contribution >= 0.6 is 0 Å². The predicted octanol–water partition coefficient (Wildman–Crippen LogP) is 2.27. The van der Waals surface area contributed by atoms with Crippen LogP contribution in [-0.4, -0.2) is 21.6 Å². The van der Waals surface area contributed by atoms with Gasteiger partial charge in [0.15, 0.2) is 0 Å². The molecule has 0 spiro atoms. The van der Waals surface area contributed by atoms with Crippen molar-refractivity contribution in [1.82, 2.24) is 15.0 Å². The molecule has 0 fully saturated rings. The van der Waals surface area contributed by atoms with Crippen molar-refractivity contribution in [3.63, 3.8) is 0 Å². The molecule has 2 rings (SSSR count). The van der Waals surface area contributed by atoms with Gasteiger partial charge < -0.3 is 10.1 Å². The number of ether oxygens (including phenoxy) is 1. The second-order valence-electron chi connectivity index (χ2n) is 3.80. The van der Waals surface area contributed by atoms with Gasteiger partial charge in [-0.25, -0.2) is 9.97 Å². The number of aromatic nitrogens is 3. The average molecular weight is 244 g/mol. The monoisotopic (exact) mass is 244 g/mol. The van der Waals surface area contributed by atoms with Gasteiger partial charge in [0.2, 0.25) is 5.88 Å². The molecule has 0 unspecified atom stereocenters. The van der Waals surface area contributed by atoms with Crippen molar-refractivity contribution in [2.75, 3.05) is 11.9 Å². The number of nitrogens with zero attached hydrogens (tertiary/aromatic N) is 3. The number of pyridine rings is 1. The van der Waals surface area contributed by atoms with Crippen LogP contribution in [0.2, 0.25) is 0 Å². The van der Waals surface area contributed by atoms with Gasteiger partial charge in [-0.2, -0.15) is 0 Å². The van der Waals surface area contributed by atoms with Crippen molar-refractivity contribution in [3.8, 4) is 5.88 Å². The van der Waals surface area contributed by atoms with Crippen LogP contribution in [-0.2, 0) is 6.54 Å². The Morgan fingerprint density at radius 1 is 1.33 bits per heavy atom. The molecule has 1 N–H and O–H groups in total. The smallest absolute Gasteiger partial charge is 0.218 e. The third-order valence-corrected chi connectivity index (χ3v) is 2.29. The SMILES string of the molecule is CCCOc1cc(NCc2cccnc2)ncn1. The summed E-state index contributed by atoms with van der Waals surface area (Å²) in [4.78, 5) is 12.2. The minimum absolute atomic E-state index is 0.598. The van der Waals surface area contributed by atoms with Gasteiger partial charge in [-0.15, -0.1) is 0 Å². The lowest BCUT2D eigenvalue weighted by molar-refractivity contribution is 0.305. The summed E-state index contributed by atoms with van der Waals surface area (Å²) in [6.45, 7) is 3.40. The summed E-state index contributed by atoms with van der Waals surface area (Å²) in [5.74, 6) is 1.35. The van der Waals surface area contributed by atoms with Crippen LogP contribution in [0.5, 0.6) is 5.88 Å². The van der Waals surface area contributed by atoms with Crippen molar-refractivity contribution in [2.45, 2.75) is 19.9 Å². The molecular formula is C13H16N4O. The van der Waals surface area contributed by atoms with Gasteiger partial charge in [-0.1, -0.05) is 13.0 Å². The van der Waals surface area contributed by atoms with E-state index in [-0.39, 0.29) is 0 Å². The molecule has 5 heteroatoms. The molecule has 0 amide bonds. The van der Waals surface area contributed by atoms with E-state index in [0.717, 1.165) is 17.8 Å². The summed E-state index contributed by atoms with van der Waals surface area (Å²) < 4.78 is 5.44. The second kappa shape index (κ2) is 6.54. The largest absolute Gasteiger partial charge is 0.478 e. The van der Waals surface area contributed by atoms with Crippen LogP contribution in [0.15, 0.2) is 36.9 Å². The number of nitrogens with one attached hydrogen (secondary N) is 1. The molecule has 0 atom stereocenters. The topological polar surface area (TPSA) is 59.9 Å². The van der Waals surface area contributed by atoms with E-state index in [2.05, 4.69) is 27.2 Å². The van der Waals surface area contributed by atoms with Crippen LogP contribution in [0, 0.1) is 0 Å². The molecule has 0 saturated heterocycles. The fourth-order valence-electron chi connectivity index (χ4n) is 1.42. The van der Waals surface area contributed by atoms with Gasteiger partial charge in [0.1, 0.15) is 12.1 Å². The summed E-state index contributed by atoms with van der Waals surface area (Å²) >= 11 is 0. The van der Waals surface area contributed by atoms with E-state index in [0.29, 0.717) is 19.0 Å². The summed E-state index contributed by atoms with van der Waals surface area (Å²) in [6, 6.07) is 5.72. The summed E-state index contributed by atoms with van der Waals surface area (Å²) in [5.41, 5.74) is 1.10. The molecule has 0 saturated carbocycles. The van der Waals surface area contributed by atoms with Gasteiger partial charge in [0.25, 0.3) is 0 Å². The van der Waals surface area contributed by atoms with Gasteiger partial charge in [-0.05, 0) is 18.1 Å². The average Bonchev–Trinajstić information content (AvgIpc) is 2.44. The standard InChI is InChI=1S/C13H16N4O/c1-2-6-18-13-7-12(16-10-17-13)15-9-11-4-3-5-14-8-11/h3-5,7-8,10H,2,6,9H2,1H3,(H,15,16,17). The number of rotatable bonds is 6. The maximum absolute atomic E-state index is 5.44. The molecule has 94 valence electrons.